The van der Waals surface area contributed by atoms with E-state index in [4.69, 9.17) is 5.26 Å². The highest BCUT2D eigenvalue weighted by atomic mass is 16.2. The molecule has 0 unspecified atom stereocenters. The average Bonchev–Trinajstić information content (AvgIpc) is 2.82. The number of urea groups is 1. The number of likely N-dealkylation sites (tertiary alicyclic amines) is 2. The Morgan fingerprint density at radius 3 is 2.13 bits per heavy atom. The quantitative estimate of drug-likeness (QED) is 0.603. The Bertz CT molecular complexity index is 270. The first-order chi connectivity index (χ1) is 7.31. The largest absolute Gasteiger partial charge is 0.325 e. The van der Waals surface area contributed by atoms with Gasteiger partial charge in [0.25, 0.3) is 0 Å². The van der Waals surface area contributed by atoms with Crippen LogP contribution in [-0.2, 0) is 0 Å². The normalized spacial score (nSPS) is 22.9. The van der Waals surface area contributed by atoms with E-state index >= 15 is 0 Å². The van der Waals surface area contributed by atoms with Crippen molar-refractivity contribution in [2.75, 3.05) is 26.2 Å². The van der Waals surface area contributed by atoms with Gasteiger partial charge in [-0.2, -0.15) is 5.26 Å². The van der Waals surface area contributed by atoms with Gasteiger partial charge in [0.1, 0.15) is 0 Å². The van der Waals surface area contributed by atoms with Gasteiger partial charge >= 0.3 is 6.03 Å². The van der Waals surface area contributed by atoms with Crippen LogP contribution in [-0.4, -0.2) is 42.0 Å². The molecule has 0 aromatic heterocycles. The van der Waals surface area contributed by atoms with E-state index in [2.05, 4.69) is 6.07 Å². The molecule has 4 heteroatoms. The van der Waals surface area contributed by atoms with E-state index in [9.17, 15) is 4.79 Å². The van der Waals surface area contributed by atoms with E-state index in [1.165, 1.54) is 0 Å². The summed E-state index contributed by atoms with van der Waals surface area (Å²) in [4.78, 5) is 15.8. The second kappa shape index (κ2) is 4.52. The molecule has 2 saturated heterocycles. The van der Waals surface area contributed by atoms with Crippen LogP contribution in [0.1, 0.15) is 25.7 Å². The molecule has 0 atom stereocenters. The van der Waals surface area contributed by atoms with Crippen LogP contribution in [0.2, 0.25) is 0 Å². The number of carbonyl (C=O) groups excluding carboxylic acids is 1. The highest BCUT2D eigenvalue weighted by molar-refractivity contribution is 5.74. The molecule has 0 spiro atoms. The van der Waals surface area contributed by atoms with Crippen LogP contribution in [0.4, 0.5) is 4.79 Å². The van der Waals surface area contributed by atoms with Crippen molar-refractivity contribution in [2.45, 2.75) is 25.7 Å². The number of hydrogen-bond donors (Lipinski definition) is 0. The van der Waals surface area contributed by atoms with E-state index in [1.54, 1.807) is 0 Å². The molecule has 0 radical (unpaired) electrons. The number of amides is 2. The predicted molar refractivity (Wildman–Crippen MR) is 56.1 cm³/mol. The van der Waals surface area contributed by atoms with Gasteiger partial charge < -0.3 is 9.80 Å². The molecule has 0 bridgehead atoms. The Kier molecular flexibility index (Phi) is 3.10. The molecule has 2 aliphatic heterocycles. The summed E-state index contributed by atoms with van der Waals surface area (Å²) >= 11 is 0. The van der Waals surface area contributed by atoms with Gasteiger partial charge in [-0.3, -0.25) is 0 Å². The Labute approximate surface area is 90.5 Å². The van der Waals surface area contributed by atoms with Crippen molar-refractivity contribution >= 4 is 6.03 Å². The summed E-state index contributed by atoms with van der Waals surface area (Å²) in [5.74, 6) is 0.160. The van der Waals surface area contributed by atoms with Gasteiger partial charge in [-0.25, -0.2) is 4.79 Å². The van der Waals surface area contributed by atoms with Crippen molar-refractivity contribution < 1.29 is 4.79 Å². The molecule has 0 N–H and O–H groups in total. The molecule has 0 aliphatic carbocycles. The summed E-state index contributed by atoms with van der Waals surface area (Å²) in [6.45, 7) is 3.34. The third-order valence-corrected chi connectivity index (χ3v) is 3.32. The van der Waals surface area contributed by atoms with E-state index in [0.717, 1.165) is 51.9 Å². The van der Waals surface area contributed by atoms with Gasteiger partial charge in [0.05, 0.1) is 6.07 Å². The highest BCUT2D eigenvalue weighted by Crippen LogP contribution is 2.19. The number of carbonyl (C=O) groups is 1. The average molecular weight is 207 g/mol. The molecule has 0 aromatic carbocycles. The van der Waals surface area contributed by atoms with Crippen LogP contribution in [0.3, 0.4) is 0 Å². The van der Waals surface area contributed by atoms with E-state index in [1.807, 2.05) is 9.80 Å². The smallest absolute Gasteiger partial charge is 0.319 e. The Hall–Kier alpha value is -1.24. The van der Waals surface area contributed by atoms with Gasteiger partial charge in [0.15, 0.2) is 0 Å². The Balaban J connectivity index is 1.84. The standard InChI is InChI=1S/C11H17N3O/c12-9-10-3-7-14(8-4-10)11(15)13-5-1-2-6-13/h10H,1-8H2. The van der Waals surface area contributed by atoms with Gasteiger partial charge in [-0.05, 0) is 25.7 Å². The lowest BCUT2D eigenvalue weighted by molar-refractivity contribution is 0.146. The maximum absolute atomic E-state index is 12.0. The summed E-state index contributed by atoms with van der Waals surface area (Å²) < 4.78 is 0. The van der Waals surface area contributed by atoms with Gasteiger partial charge in [-0.15, -0.1) is 0 Å². The van der Waals surface area contributed by atoms with Crippen molar-refractivity contribution in [3.05, 3.63) is 0 Å². The van der Waals surface area contributed by atoms with Gasteiger partial charge in [0, 0.05) is 32.1 Å². The Morgan fingerprint density at radius 1 is 1.07 bits per heavy atom. The zero-order chi connectivity index (χ0) is 10.7. The second-order valence-corrected chi connectivity index (χ2v) is 4.37. The minimum absolute atomic E-state index is 0.160. The lowest BCUT2D eigenvalue weighted by Gasteiger charge is -2.32. The first kappa shape index (κ1) is 10.3. The van der Waals surface area contributed by atoms with Crippen molar-refractivity contribution in [3.8, 4) is 6.07 Å². The molecule has 2 aliphatic rings. The van der Waals surface area contributed by atoms with Crippen LogP contribution in [0.25, 0.3) is 0 Å². The molecule has 2 amide bonds. The van der Waals surface area contributed by atoms with E-state index in [0.29, 0.717) is 0 Å². The third-order valence-electron chi connectivity index (χ3n) is 3.32. The van der Waals surface area contributed by atoms with Crippen molar-refractivity contribution in [3.63, 3.8) is 0 Å². The van der Waals surface area contributed by atoms with Gasteiger partial charge in [-0.1, -0.05) is 0 Å². The summed E-state index contributed by atoms with van der Waals surface area (Å²) in [7, 11) is 0. The minimum Gasteiger partial charge on any atom is -0.325 e. The molecular formula is C11H17N3O. The lowest BCUT2D eigenvalue weighted by atomic mass is 9.99. The molecule has 0 saturated carbocycles. The van der Waals surface area contributed by atoms with Crippen LogP contribution >= 0.6 is 0 Å². The monoisotopic (exact) mass is 207 g/mol. The predicted octanol–water partition coefficient (Wildman–Crippen LogP) is 1.44. The summed E-state index contributed by atoms with van der Waals surface area (Å²) in [6.07, 6.45) is 3.97. The van der Waals surface area contributed by atoms with E-state index < -0.39 is 0 Å². The number of rotatable bonds is 0. The van der Waals surface area contributed by atoms with Crippen LogP contribution in [0.5, 0.6) is 0 Å². The molecule has 82 valence electrons. The molecular weight excluding hydrogens is 190 g/mol. The van der Waals surface area contributed by atoms with Crippen molar-refractivity contribution in [1.29, 1.82) is 5.26 Å². The first-order valence-corrected chi connectivity index (χ1v) is 5.75. The van der Waals surface area contributed by atoms with Crippen molar-refractivity contribution in [2.24, 2.45) is 5.92 Å². The topological polar surface area (TPSA) is 47.3 Å². The summed E-state index contributed by atoms with van der Waals surface area (Å²) in [5.41, 5.74) is 0. The molecule has 2 rings (SSSR count). The van der Waals surface area contributed by atoms with E-state index in [-0.39, 0.29) is 11.9 Å². The molecule has 4 nitrogen and oxygen atoms in total. The maximum atomic E-state index is 12.0. The maximum Gasteiger partial charge on any atom is 0.319 e. The number of nitrogens with zero attached hydrogens (tertiary/aromatic N) is 3. The summed E-state index contributed by atoms with van der Waals surface area (Å²) in [6, 6.07) is 2.47. The van der Waals surface area contributed by atoms with Crippen LogP contribution < -0.4 is 0 Å². The second-order valence-electron chi connectivity index (χ2n) is 4.37. The molecule has 2 fully saturated rings. The minimum atomic E-state index is 0.160. The molecule has 0 aromatic rings. The fraction of sp³-hybridized carbons (Fsp3) is 0.818. The fourth-order valence-electron chi connectivity index (χ4n) is 2.31. The Morgan fingerprint density at radius 2 is 1.60 bits per heavy atom. The fourth-order valence-corrected chi connectivity index (χ4v) is 2.31. The highest BCUT2D eigenvalue weighted by Gasteiger charge is 2.27. The van der Waals surface area contributed by atoms with Crippen molar-refractivity contribution in [1.82, 2.24) is 9.80 Å². The summed E-state index contributed by atoms with van der Waals surface area (Å²) in [5, 5.41) is 8.76. The zero-order valence-corrected chi connectivity index (χ0v) is 8.98. The zero-order valence-electron chi connectivity index (χ0n) is 8.98. The van der Waals surface area contributed by atoms with Crippen LogP contribution in [0.15, 0.2) is 0 Å². The molecule has 2 heterocycles. The lowest BCUT2D eigenvalue weighted by Crippen LogP contribution is -2.45. The number of hydrogen-bond acceptors (Lipinski definition) is 2. The first-order valence-electron chi connectivity index (χ1n) is 5.75. The number of piperidine rings is 1. The van der Waals surface area contributed by atoms with Gasteiger partial charge in [0.2, 0.25) is 0 Å². The van der Waals surface area contributed by atoms with Crippen LogP contribution in [0, 0.1) is 17.2 Å². The number of nitriles is 1. The SMILES string of the molecule is N#CC1CCN(C(=O)N2CCCC2)CC1. The molecule has 15 heavy (non-hydrogen) atoms. The third kappa shape index (κ3) is 2.23.